The minimum Gasteiger partial charge on any atom is -0.0885 e. The lowest BCUT2D eigenvalue weighted by Gasteiger charge is -2.02. The Balaban J connectivity index is 0.000000368. The highest BCUT2D eigenvalue weighted by Gasteiger charge is 1.95. The van der Waals surface area contributed by atoms with Gasteiger partial charge in [0.05, 0.1) is 0 Å². The summed E-state index contributed by atoms with van der Waals surface area (Å²) in [4.78, 5) is 0. The first-order valence-corrected chi connectivity index (χ1v) is 27.7. The molecule has 6 aliphatic carbocycles. The summed E-state index contributed by atoms with van der Waals surface area (Å²) >= 11 is 0. The molecule has 0 atom stereocenters. The standard InChI is InChI=1S/C12H22.C11H20.C11H18.C10H16.C9H16.C8H14/c1-2-4-6-8-10-12-11-9-7-5-3-1;2*1-2-4-6-8-10-11-9-7-5-3-1;1-2-4-6-8-10-9-7-5-3-1;1-2-4-6-8-9-7-5-3-1;1-2-4-6-8-7-5-3-1/h1-2H,3-12H2;1-2H,3-11H2;1-4H,5-11H2;1-4H,5-10H2;1-2H,3-9H2;1-2H,3-8H2. The van der Waals surface area contributed by atoms with Crippen molar-refractivity contribution in [3.63, 3.8) is 0 Å². The third-order valence-corrected chi connectivity index (χ3v) is 12.6. The van der Waals surface area contributed by atoms with Crippen LogP contribution >= 0.6 is 0 Å². The van der Waals surface area contributed by atoms with Gasteiger partial charge >= 0.3 is 0 Å². The molecule has 0 heterocycles. The summed E-state index contributed by atoms with van der Waals surface area (Å²) in [5, 5.41) is 0. The Labute approximate surface area is 384 Å². The van der Waals surface area contributed by atoms with Crippen molar-refractivity contribution in [1.29, 1.82) is 0 Å². The van der Waals surface area contributed by atoms with E-state index >= 15 is 0 Å². The maximum atomic E-state index is 2.38. The number of allylic oxidation sites excluding steroid dienone is 16. The Kier molecular flexibility index (Phi) is 50.5. The molecular formula is C61H106. The summed E-state index contributed by atoms with van der Waals surface area (Å²) in [6.45, 7) is 0. The van der Waals surface area contributed by atoms with E-state index in [-0.39, 0.29) is 0 Å². The molecule has 0 saturated heterocycles. The Morgan fingerprint density at radius 1 is 0.0984 bits per heavy atom. The van der Waals surface area contributed by atoms with Crippen molar-refractivity contribution in [1.82, 2.24) is 0 Å². The fraction of sp³-hybridized carbons (Fsp3) is 0.738. The predicted molar refractivity (Wildman–Crippen MR) is 281 cm³/mol. The molecule has 0 heteroatoms. The molecule has 0 aromatic rings. The van der Waals surface area contributed by atoms with E-state index in [1.807, 2.05) is 0 Å². The molecule has 0 fully saturated rings. The van der Waals surface area contributed by atoms with E-state index in [9.17, 15) is 0 Å². The van der Waals surface area contributed by atoms with E-state index in [4.69, 9.17) is 0 Å². The second kappa shape index (κ2) is 54.1. The molecule has 0 amide bonds. The molecule has 0 saturated carbocycles. The van der Waals surface area contributed by atoms with Crippen molar-refractivity contribution in [2.45, 2.75) is 289 Å². The number of rotatable bonds is 0. The molecule has 0 aromatic heterocycles. The average Bonchev–Trinajstić information content (AvgIpc) is 3.31. The lowest BCUT2D eigenvalue weighted by atomic mass is 10.0. The zero-order valence-electron chi connectivity index (χ0n) is 41.1. The lowest BCUT2D eigenvalue weighted by molar-refractivity contribution is 0.566. The predicted octanol–water partition coefficient (Wildman–Crippen LogP) is 22.0. The molecule has 0 radical (unpaired) electrons. The number of hydrogen-bond acceptors (Lipinski definition) is 0. The first-order chi connectivity index (χ1) is 30.5. The Morgan fingerprint density at radius 2 is 0.197 bits per heavy atom. The normalized spacial score (nSPS) is 21.9. The maximum absolute atomic E-state index is 2.38. The highest BCUT2D eigenvalue weighted by Crippen LogP contribution is 2.15. The van der Waals surface area contributed by atoms with Crippen LogP contribution < -0.4 is 0 Å². The van der Waals surface area contributed by atoms with Crippen LogP contribution in [0.15, 0.2) is 97.2 Å². The van der Waals surface area contributed by atoms with Gasteiger partial charge in [0.2, 0.25) is 0 Å². The van der Waals surface area contributed by atoms with Gasteiger partial charge in [0.1, 0.15) is 0 Å². The number of hydrogen-bond donors (Lipinski definition) is 0. The minimum absolute atomic E-state index is 1.27. The van der Waals surface area contributed by atoms with Gasteiger partial charge in [0.15, 0.2) is 0 Å². The first-order valence-electron chi connectivity index (χ1n) is 27.7. The van der Waals surface area contributed by atoms with Crippen LogP contribution in [0, 0.1) is 0 Å². The molecular weight excluding hydrogens is 733 g/mol. The lowest BCUT2D eigenvalue weighted by Crippen LogP contribution is -1.82. The maximum Gasteiger partial charge on any atom is -0.0348 e. The Morgan fingerprint density at radius 3 is 0.328 bits per heavy atom. The van der Waals surface area contributed by atoms with Gasteiger partial charge in [-0.15, -0.1) is 0 Å². The summed E-state index contributed by atoms with van der Waals surface area (Å²) in [6, 6.07) is 0. The summed E-state index contributed by atoms with van der Waals surface area (Å²) in [6.07, 6.45) is 99.5. The van der Waals surface area contributed by atoms with Gasteiger partial charge < -0.3 is 0 Å². The van der Waals surface area contributed by atoms with E-state index in [0.717, 1.165) is 0 Å². The SMILES string of the molecule is C1=CCCCCCC1.C1=CCCCCCCC1.C1=CCCCCCCC=C1.C1=CCCCCCCCC=C1.C1=CCCCCCCCCC1.C1=CCCCCCCCCCC1. The van der Waals surface area contributed by atoms with Crippen molar-refractivity contribution < 1.29 is 0 Å². The molecule has 0 N–H and O–H groups in total. The van der Waals surface area contributed by atoms with Crippen LogP contribution in [0.25, 0.3) is 0 Å². The Bertz CT molecular complexity index is 980. The average molecular weight is 840 g/mol. The molecule has 0 spiro atoms. The quantitative estimate of drug-likeness (QED) is 0.213. The fourth-order valence-electron chi connectivity index (χ4n) is 8.50. The van der Waals surface area contributed by atoms with Crippen LogP contribution in [0.1, 0.15) is 289 Å². The van der Waals surface area contributed by atoms with Gasteiger partial charge in [0, 0.05) is 0 Å². The molecule has 0 aliphatic heterocycles. The van der Waals surface area contributed by atoms with Gasteiger partial charge in [-0.25, -0.2) is 0 Å². The van der Waals surface area contributed by atoms with E-state index in [2.05, 4.69) is 97.2 Å². The van der Waals surface area contributed by atoms with Crippen molar-refractivity contribution >= 4 is 0 Å². The molecule has 0 aromatic carbocycles. The first kappa shape index (κ1) is 56.9. The fourth-order valence-corrected chi connectivity index (χ4v) is 8.50. The molecule has 0 bridgehead atoms. The third-order valence-electron chi connectivity index (χ3n) is 12.6. The molecule has 0 unspecified atom stereocenters. The van der Waals surface area contributed by atoms with Gasteiger partial charge in [-0.3, -0.25) is 0 Å². The summed E-state index contributed by atoms with van der Waals surface area (Å²) in [5.74, 6) is 0. The summed E-state index contributed by atoms with van der Waals surface area (Å²) in [5.41, 5.74) is 0. The molecule has 61 heavy (non-hydrogen) atoms. The topological polar surface area (TPSA) is 0 Å². The van der Waals surface area contributed by atoms with E-state index in [1.54, 1.807) is 0 Å². The van der Waals surface area contributed by atoms with Crippen molar-refractivity contribution in [3.8, 4) is 0 Å². The van der Waals surface area contributed by atoms with E-state index in [1.165, 1.54) is 289 Å². The zero-order chi connectivity index (χ0) is 43.1. The van der Waals surface area contributed by atoms with Crippen LogP contribution in [0.4, 0.5) is 0 Å². The molecule has 6 rings (SSSR count). The van der Waals surface area contributed by atoms with E-state index in [0.29, 0.717) is 0 Å². The largest absolute Gasteiger partial charge is 0.0885 e. The van der Waals surface area contributed by atoms with Gasteiger partial charge in [-0.1, -0.05) is 232 Å². The van der Waals surface area contributed by atoms with Crippen LogP contribution in [-0.4, -0.2) is 0 Å². The van der Waals surface area contributed by atoms with Gasteiger partial charge in [-0.05, 0) is 154 Å². The molecule has 0 nitrogen and oxygen atoms in total. The molecule has 6 aliphatic rings. The van der Waals surface area contributed by atoms with Crippen LogP contribution in [0.2, 0.25) is 0 Å². The van der Waals surface area contributed by atoms with Crippen molar-refractivity contribution in [2.24, 2.45) is 0 Å². The van der Waals surface area contributed by atoms with Crippen molar-refractivity contribution in [3.05, 3.63) is 97.2 Å². The van der Waals surface area contributed by atoms with Crippen LogP contribution in [-0.2, 0) is 0 Å². The zero-order valence-corrected chi connectivity index (χ0v) is 41.1. The highest BCUT2D eigenvalue weighted by atomic mass is 14.0. The second-order valence-corrected chi connectivity index (χ2v) is 18.7. The smallest absolute Gasteiger partial charge is 0.0348 e. The molecule has 350 valence electrons. The summed E-state index contributed by atoms with van der Waals surface area (Å²) in [7, 11) is 0. The van der Waals surface area contributed by atoms with Gasteiger partial charge in [-0.2, -0.15) is 0 Å². The van der Waals surface area contributed by atoms with Crippen LogP contribution in [0.5, 0.6) is 0 Å². The summed E-state index contributed by atoms with van der Waals surface area (Å²) < 4.78 is 0. The minimum atomic E-state index is 1.27. The second-order valence-electron chi connectivity index (χ2n) is 18.7. The highest BCUT2D eigenvalue weighted by molar-refractivity contribution is 5.03. The monoisotopic (exact) mass is 839 g/mol. The van der Waals surface area contributed by atoms with Crippen molar-refractivity contribution in [2.75, 3.05) is 0 Å². The van der Waals surface area contributed by atoms with E-state index < -0.39 is 0 Å². The van der Waals surface area contributed by atoms with Crippen LogP contribution in [0.3, 0.4) is 0 Å². The Hall–Kier alpha value is -2.08. The third kappa shape index (κ3) is 52.2. The van der Waals surface area contributed by atoms with Gasteiger partial charge in [0.25, 0.3) is 0 Å².